The average molecular weight is 217 g/mol. The second-order valence-electron chi connectivity index (χ2n) is 3.65. The van der Waals surface area contributed by atoms with E-state index in [4.69, 9.17) is 15.2 Å². The van der Waals surface area contributed by atoms with Gasteiger partial charge in [0.25, 0.3) is 0 Å². The Kier molecular flexibility index (Phi) is 7.34. The predicted molar refractivity (Wildman–Crippen MR) is 59.5 cm³/mol. The summed E-state index contributed by atoms with van der Waals surface area (Å²) in [6.07, 6.45) is 2.28. The molecule has 0 aliphatic rings. The lowest BCUT2D eigenvalue weighted by molar-refractivity contribution is -0.155. The highest BCUT2D eigenvalue weighted by Crippen LogP contribution is 2.28. The Morgan fingerprint density at radius 1 is 1.40 bits per heavy atom. The van der Waals surface area contributed by atoms with Gasteiger partial charge in [-0.1, -0.05) is 6.92 Å². The third kappa shape index (κ3) is 4.18. The van der Waals surface area contributed by atoms with Gasteiger partial charge in [0, 0.05) is 20.3 Å². The molecule has 4 nitrogen and oxygen atoms in total. The second kappa shape index (κ2) is 7.65. The third-order valence-electron chi connectivity index (χ3n) is 2.78. The molecule has 0 aliphatic carbocycles. The topological polar surface area (TPSA) is 61.5 Å². The maximum Gasteiger partial charge on any atom is 0.313 e. The number of rotatable bonds is 8. The molecule has 0 saturated heterocycles. The van der Waals surface area contributed by atoms with Gasteiger partial charge >= 0.3 is 5.97 Å². The van der Waals surface area contributed by atoms with Crippen LogP contribution in [-0.2, 0) is 14.3 Å². The molecule has 0 spiro atoms. The van der Waals surface area contributed by atoms with Crippen LogP contribution in [0.4, 0.5) is 0 Å². The van der Waals surface area contributed by atoms with Crippen LogP contribution in [0.2, 0.25) is 0 Å². The molecule has 0 aromatic rings. The molecule has 15 heavy (non-hydrogen) atoms. The maximum absolute atomic E-state index is 11.8. The number of methoxy groups -OCH3 is 1. The van der Waals surface area contributed by atoms with E-state index in [1.807, 2.05) is 13.8 Å². The van der Waals surface area contributed by atoms with Gasteiger partial charge in [-0.2, -0.15) is 0 Å². The zero-order valence-electron chi connectivity index (χ0n) is 10.0. The molecule has 0 amide bonds. The first-order valence-electron chi connectivity index (χ1n) is 5.53. The first-order chi connectivity index (χ1) is 7.16. The number of ether oxygens (including phenoxy) is 2. The van der Waals surface area contributed by atoms with Gasteiger partial charge in [0.2, 0.25) is 0 Å². The zero-order valence-corrected chi connectivity index (χ0v) is 10.0. The minimum Gasteiger partial charge on any atom is -0.466 e. The van der Waals surface area contributed by atoms with Gasteiger partial charge in [-0.05, 0) is 26.2 Å². The number of nitrogens with two attached hydrogens (primary N) is 1. The molecule has 0 bridgehead atoms. The number of carbonyl (C=O) groups is 1. The Hall–Kier alpha value is -0.610. The number of carbonyl (C=O) groups excluding carboxylic acids is 1. The van der Waals surface area contributed by atoms with E-state index in [9.17, 15) is 4.79 Å². The van der Waals surface area contributed by atoms with Gasteiger partial charge in [0.15, 0.2) is 0 Å². The van der Waals surface area contributed by atoms with Crippen LogP contribution < -0.4 is 5.73 Å². The molecule has 0 aromatic heterocycles. The van der Waals surface area contributed by atoms with Crippen LogP contribution in [0.5, 0.6) is 0 Å². The number of hydrogen-bond acceptors (Lipinski definition) is 4. The van der Waals surface area contributed by atoms with Gasteiger partial charge in [0.1, 0.15) is 0 Å². The first-order valence-corrected chi connectivity index (χ1v) is 5.53. The van der Waals surface area contributed by atoms with Crippen molar-refractivity contribution in [2.75, 3.05) is 26.9 Å². The van der Waals surface area contributed by atoms with E-state index in [0.29, 0.717) is 26.2 Å². The average Bonchev–Trinajstić information content (AvgIpc) is 2.25. The van der Waals surface area contributed by atoms with Crippen LogP contribution in [0, 0.1) is 5.41 Å². The lowest BCUT2D eigenvalue weighted by Gasteiger charge is -2.28. The standard InChI is InChI=1S/C11H23NO3/c1-4-11(9-12,7-6-8-14-3)10(13)15-5-2/h4-9,12H2,1-3H3. The highest BCUT2D eigenvalue weighted by atomic mass is 16.5. The minimum atomic E-state index is -0.519. The second-order valence-corrected chi connectivity index (χ2v) is 3.65. The molecule has 0 saturated carbocycles. The molecule has 0 fully saturated rings. The molecular weight excluding hydrogens is 194 g/mol. The fourth-order valence-electron chi connectivity index (χ4n) is 1.59. The molecule has 0 rings (SSSR count). The van der Waals surface area contributed by atoms with Gasteiger partial charge < -0.3 is 15.2 Å². The van der Waals surface area contributed by atoms with Crippen LogP contribution in [0.3, 0.4) is 0 Å². The van der Waals surface area contributed by atoms with E-state index in [1.165, 1.54) is 0 Å². The van der Waals surface area contributed by atoms with E-state index in [2.05, 4.69) is 0 Å². The molecule has 90 valence electrons. The van der Waals surface area contributed by atoms with Crippen molar-refractivity contribution in [3.63, 3.8) is 0 Å². The van der Waals surface area contributed by atoms with Crippen LogP contribution in [-0.4, -0.2) is 32.8 Å². The minimum absolute atomic E-state index is 0.175. The zero-order chi connectivity index (χ0) is 11.7. The largest absolute Gasteiger partial charge is 0.466 e. The lowest BCUT2D eigenvalue weighted by Crippen LogP contribution is -2.39. The van der Waals surface area contributed by atoms with Gasteiger partial charge in [-0.15, -0.1) is 0 Å². The predicted octanol–water partition coefficient (Wildman–Crippen LogP) is 1.33. The lowest BCUT2D eigenvalue weighted by atomic mass is 9.81. The van der Waals surface area contributed by atoms with Crippen molar-refractivity contribution in [1.82, 2.24) is 0 Å². The Morgan fingerprint density at radius 3 is 2.47 bits per heavy atom. The highest BCUT2D eigenvalue weighted by Gasteiger charge is 2.36. The van der Waals surface area contributed by atoms with Crippen LogP contribution in [0.25, 0.3) is 0 Å². The smallest absolute Gasteiger partial charge is 0.313 e. The summed E-state index contributed by atoms with van der Waals surface area (Å²) < 4.78 is 10.0. The fourth-order valence-corrected chi connectivity index (χ4v) is 1.59. The summed E-state index contributed by atoms with van der Waals surface area (Å²) in [6, 6.07) is 0. The number of hydrogen-bond donors (Lipinski definition) is 1. The van der Waals surface area contributed by atoms with Crippen molar-refractivity contribution in [2.45, 2.75) is 33.1 Å². The highest BCUT2D eigenvalue weighted by molar-refractivity contribution is 5.77. The Labute approximate surface area is 92.1 Å². The van der Waals surface area contributed by atoms with Crippen molar-refractivity contribution < 1.29 is 14.3 Å². The summed E-state index contributed by atoms with van der Waals surface area (Å²) in [5, 5.41) is 0. The van der Waals surface area contributed by atoms with Gasteiger partial charge in [-0.25, -0.2) is 0 Å². The first kappa shape index (κ1) is 14.4. The summed E-state index contributed by atoms with van der Waals surface area (Å²) in [6.45, 7) is 5.18. The summed E-state index contributed by atoms with van der Waals surface area (Å²) in [5.41, 5.74) is 5.17. The van der Waals surface area contributed by atoms with E-state index in [1.54, 1.807) is 7.11 Å². The molecule has 0 aliphatic heterocycles. The Balaban J connectivity index is 4.35. The van der Waals surface area contributed by atoms with Crippen LogP contribution >= 0.6 is 0 Å². The Morgan fingerprint density at radius 2 is 2.07 bits per heavy atom. The van der Waals surface area contributed by atoms with Crippen LogP contribution in [0.1, 0.15) is 33.1 Å². The molecule has 2 N–H and O–H groups in total. The van der Waals surface area contributed by atoms with Crippen molar-refractivity contribution in [2.24, 2.45) is 11.1 Å². The normalized spacial score (nSPS) is 14.7. The summed E-state index contributed by atoms with van der Waals surface area (Å²) in [7, 11) is 1.65. The van der Waals surface area contributed by atoms with E-state index in [0.717, 1.165) is 12.8 Å². The Bertz CT molecular complexity index is 179. The summed E-state index contributed by atoms with van der Waals surface area (Å²) in [5.74, 6) is -0.175. The fraction of sp³-hybridized carbons (Fsp3) is 0.909. The molecule has 1 atom stereocenters. The molecule has 0 aromatic carbocycles. The molecule has 0 heterocycles. The SMILES string of the molecule is CCOC(=O)C(CC)(CN)CCCOC. The van der Waals surface area contributed by atoms with Crippen molar-refractivity contribution in [3.05, 3.63) is 0 Å². The molecule has 0 radical (unpaired) electrons. The number of esters is 1. The quantitative estimate of drug-likeness (QED) is 0.492. The van der Waals surface area contributed by atoms with Crippen molar-refractivity contribution >= 4 is 5.97 Å². The third-order valence-corrected chi connectivity index (χ3v) is 2.78. The van der Waals surface area contributed by atoms with E-state index >= 15 is 0 Å². The molecule has 1 unspecified atom stereocenters. The van der Waals surface area contributed by atoms with Gasteiger partial charge in [-0.3, -0.25) is 4.79 Å². The summed E-state index contributed by atoms with van der Waals surface area (Å²) >= 11 is 0. The van der Waals surface area contributed by atoms with Crippen molar-refractivity contribution in [3.8, 4) is 0 Å². The molecule has 4 heteroatoms. The monoisotopic (exact) mass is 217 g/mol. The van der Waals surface area contributed by atoms with E-state index < -0.39 is 5.41 Å². The summed E-state index contributed by atoms with van der Waals surface area (Å²) in [4.78, 5) is 11.8. The van der Waals surface area contributed by atoms with E-state index in [-0.39, 0.29) is 5.97 Å². The molecular formula is C11H23NO3. The maximum atomic E-state index is 11.8. The van der Waals surface area contributed by atoms with Gasteiger partial charge in [0.05, 0.1) is 12.0 Å². The van der Waals surface area contributed by atoms with Crippen LogP contribution in [0.15, 0.2) is 0 Å². The van der Waals surface area contributed by atoms with Crippen molar-refractivity contribution in [1.29, 1.82) is 0 Å².